The van der Waals surface area contributed by atoms with Gasteiger partial charge in [-0.25, -0.2) is 8.42 Å². The van der Waals surface area contributed by atoms with Crippen LogP contribution in [0.1, 0.15) is 43.6 Å². The highest BCUT2D eigenvalue weighted by Gasteiger charge is 2.39. The van der Waals surface area contributed by atoms with E-state index in [4.69, 9.17) is 0 Å². The third-order valence-electron chi connectivity index (χ3n) is 4.25. The highest BCUT2D eigenvalue weighted by atomic mass is 32.2. The summed E-state index contributed by atoms with van der Waals surface area (Å²) >= 11 is 0. The fourth-order valence-electron chi connectivity index (χ4n) is 3.17. The van der Waals surface area contributed by atoms with Gasteiger partial charge < -0.3 is 5.32 Å². The van der Waals surface area contributed by atoms with E-state index >= 15 is 0 Å². The third-order valence-corrected chi connectivity index (χ3v) is 6.18. The number of rotatable bonds is 4. The number of nitrogens with zero attached hydrogens (tertiary/aromatic N) is 1. The highest BCUT2D eigenvalue weighted by Crippen LogP contribution is 2.37. The zero-order valence-corrected chi connectivity index (χ0v) is 16.8. The van der Waals surface area contributed by atoms with E-state index in [2.05, 4.69) is 5.32 Å². The van der Waals surface area contributed by atoms with Gasteiger partial charge in [-0.15, -0.1) is 0 Å². The van der Waals surface area contributed by atoms with Crippen LogP contribution in [0.25, 0.3) is 5.70 Å². The van der Waals surface area contributed by atoms with Crippen LogP contribution >= 0.6 is 0 Å². The SMILES string of the molecule is CCN1C(C(=O)c2ccccc2)=C(NC(C)(C)C)c2ccccc2S1(=O)=O. The number of Topliss-reactive ketones (excluding diaryl/α,β-unsaturated/α-hetero) is 1. The molecule has 0 saturated carbocycles. The minimum Gasteiger partial charge on any atom is -0.378 e. The number of ketones is 1. The van der Waals surface area contributed by atoms with Crippen LogP contribution in [0.2, 0.25) is 0 Å². The second-order valence-corrected chi connectivity index (χ2v) is 9.29. The third kappa shape index (κ3) is 3.49. The van der Waals surface area contributed by atoms with Crippen molar-refractivity contribution < 1.29 is 13.2 Å². The number of likely N-dealkylation sites (N-methyl/N-ethyl adjacent to an activating group) is 1. The predicted octanol–water partition coefficient (Wildman–Crippen LogP) is 3.65. The van der Waals surface area contributed by atoms with E-state index in [0.29, 0.717) is 16.8 Å². The van der Waals surface area contributed by atoms with Crippen molar-refractivity contribution in [1.29, 1.82) is 0 Å². The molecule has 2 aromatic rings. The lowest BCUT2D eigenvalue weighted by molar-refractivity contribution is 0.101. The summed E-state index contributed by atoms with van der Waals surface area (Å²) in [7, 11) is -3.81. The van der Waals surface area contributed by atoms with Crippen molar-refractivity contribution in [2.75, 3.05) is 6.54 Å². The lowest BCUT2D eigenvalue weighted by Gasteiger charge is -2.36. The lowest BCUT2D eigenvalue weighted by Crippen LogP contribution is -2.44. The molecule has 6 heteroatoms. The fraction of sp³-hybridized carbons (Fsp3) is 0.286. The van der Waals surface area contributed by atoms with Crippen LogP contribution < -0.4 is 5.32 Å². The Morgan fingerprint density at radius 3 is 2.19 bits per heavy atom. The number of hydrogen-bond acceptors (Lipinski definition) is 4. The molecule has 0 fully saturated rings. The smallest absolute Gasteiger partial charge is 0.265 e. The molecule has 3 rings (SSSR count). The quantitative estimate of drug-likeness (QED) is 0.817. The zero-order valence-electron chi connectivity index (χ0n) is 16.0. The molecule has 0 atom stereocenters. The van der Waals surface area contributed by atoms with E-state index in [1.807, 2.05) is 26.8 Å². The molecule has 27 heavy (non-hydrogen) atoms. The summed E-state index contributed by atoms with van der Waals surface area (Å²) in [6, 6.07) is 15.6. The van der Waals surface area contributed by atoms with Crippen molar-refractivity contribution in [3.63, 3.8) is 0 Å². The molecule has 1 N–H and O–H groups in total. The Balaban J connectivity index is 2.35. The molecule has 0 unspecified atom stereocenters. The number of sulfonamides is 1. The Bertz CT molecular complexity index is 1000. The summed E-state index contributed by atoms with van der Waals surface area (Å²) in [5, 5.41) is 3.37. The van der Waals surface area contributed by atoms with Gasteiger partial charge in [-0.05, 0) is 33.8 Å². The van der Waals surface area contributed by atoms with Crippen LogP contribution in [-0.4, -0.2) is 30.6 Å². The molecule has 142 valence electrons. The summed E-state index contributed by atoms with van der Waals surface area (Å²) in [4.78, 5) is 13.6. The van der Waals surface area contributed by atoms with Gasteiger partial charge in [0.15, 0.2) is 0 Å². The molecule has 1 aliphatic rings. The van der Waals surface area contributed by atoms with Crippen molar-refractivity contribution in [2.24, 2.45) is 0 Å². The topological polar surface area (TPSA) is 66.5 Å². The average molecular weight is 385 g/mol. The van der Waals surface area contributed by atoms with Gasteiger partial charge in [0.25, 0.3) is 10.0 Å². The van der Waals surface area contributed by atoms with Gasteiger partial charge in [-0.3, -0.25) is 9.10 Å². The molecule has 0 aliphatic carbocycles. The minimum absolute atomic E-state index is 0.164. The second-order valence-electron chi connectivity index (χ2n) is 7.46. The van der Waals surface area contributed by atoms with Crippen LogP contribution in [0.15, 0.2) is 65.2 Å². The van der Waals surface area contributed by atoms with Crippen molar-refractivity contribution in [3.8, 4) is 0 Å². The molecule has 0 radical (unpaired) electrons. The predicted molar refractivity (Wildman–Crippen MR) is 107 cm³/mol. The summed E-state index contributed by atoms with van der Waals surface area (Å²) < 4.78 is 27.6. The van der Waals surface area contributed by atoms with Crippen LogP contribution in [0.4, 0.5) is 0 Å². The summed E-state index contributed by atoms with van der Waals surface area (Å²) in [6.45, 7) is 7.84. The zero-order chi connectivity index (χ0) is 19.8. The Kier molecular flexibility index (Phi) is 4.86. The highest BCUT2D eigenvalue weighted by molar-refractivity contribution is 7.89. The molecule has 0 saturated heterocycles. The number of hydrogen-bond donors (Lipinski definition) is 1. The van der Waals surface area contributed by atoms with Crippen molar-refractivity contribution >= 4 is 21.5 Å². The maximum atomic E-state index is 13.4. The molecule has 1 aliphatic heterocycles. The maximum absolute atomic E-state index is 13.4. The molecule has 0 amide bonds. The summed E-state index contributed by atoms with van der Waals surface area (Å²) in [6.07, 6.45) is 0. The average Bonchev–Trinajstić information content (AvgIpc) is 2.63. The van der Waals surface area contributed by atoms with Gasteiger partial charge in [0.1, 0.15) is 5.70 Å². The van der Waals surface area contributed by atoms with E-state index in [1.165, 1.54) is 4.31 Å². The molecular formula is C21H24N2O3S. The van der Waals surface area contributed by atoms with Crippen LogP contribution in [0.3, 0.4) is 0 Å². The molecule has 2 aromatic carbocycles. The van der Waals surface area contributed by atoms with E-state index in [9.17, 15) is 13.2 Å². The molecular weight excluding hydrogens is 360 g/mol. The van der Waals surface area contributed by atoms with Crippen molar-refractivity contribution in [2.45, 2.75) is 38.1 Å². The normalized spacial score (nSPS) is 16.1. The Hall–Kier alpha value is -2.60. The van der Waals surface area contributed by atoms with Crippen LogP contribution in [0, 0.1) is 0 Å². The lowest BCUT2D eigenvalue weighted by atomic mass is 10.00. The van der Waals surface area contributed by atoms with Crippen molar-refractivity contribution in [1.82, 2.24) is 9.62 Å². The monoisotopic (exact) mass is 384 g/mol. The van der Waals surface area contributed by atoms with E-state index in [-0.39, 0.29) is 28.5 Å². The van der Waals surface area contributed by atoms with Crippen LogP contribution in [-0.2, 0) is 10.0 Å². The van der Waals surface area contributed by atoms with Crippen molar-refractivity contribution in [3.05, 3.63) is 71.4 Å². The summed E-state index contributed by atoms with van der Waals surface area (Å²) in [5.41, 5.74) is 1.33. The first kappa shape index (κ1) is 19.2. The largest absolute Gasteiger partial charge is 0.378 e. The molecule has 0 aromatic heterocycles. The first-order valence-electron chi connectivity index (χ1n) is 8.91. The number of carbonyl (C=O) groups is 1. The van der Waals surface area contributed by atoms with Gasteiger partial charge in [-0.1, -0.05) is 48.5 Å². The maximum Gasteiger partial charge on any atom is 0.265 e. The number of allylic oxidation sites excluding steroid dienone is 1. The van der Waals surface area contributed by atoms with Gasteiger partial charge in [-0.2, -0.15) is 0 Å². The molecule has 1 heterocycles. The molecule has 0 spiro atoms. The van der Waals surface area contributed by atoms with E-state index in [0.717, 1.165) is 0 Å². The van der Waals surface area contributed by atoms with Gasteiger partial charge in [0.2, 0.25) is 5.78 Å². The Morgan fingerprint density at radius 1 is 1.00 bits per heavy atom. The number of carbonyl (C=O) groups excluding carboxylic acids is 1. The first-order chi connectivity index (χ1) is 12.7. The summed E-state index contributed by atoms with van der Waals surface area (Å²) in [5.74, 6) is -0.317. The van der Waals surface area contributed by atoms with E-state index < -0.39 is 10.0 Å². The second kappa shape index (κ2) is 6.85. The molecule has 5 nitrogen and oxygen atoms in total. The number of fused-ring (bicyclic) bond motifs is 1. The molecule has 0 bridgehead atoms. The Labute approximate surface area is 160 Å². The van der Waals surface area contributed by atoms with E-state index in [1.54, 1.807) is 55.5 Å². The Morgan fingerprint density at radius 2 is 1.59 bits per heavy atom. The first-order valence-corrected chi connectivity index (χ1v) is 10.3. The minimum atomic E-state index is -3.81. The van der Waals surface area contributed by atoms with Gasteiger partial charge in [0.05, 0.1) is 10.6 Å². The van der Waals surface area contributed by atoms with Gasteiger partial charge >= 0.3 is 0 Å². The van der Waals surface area contributed by atoms with Crippen LogP contribution in [0.5, 0.6) is 0 Å². The number of nitrogens with one attached hydrogen (secondary N) is 1. The standard InChI is InChI=1S/C21H24N2O3S/c1-5-23-19(20(24)15-11-7-6-8-12-15)18(22-21(2,3)4)16-13-9-10-14-17(16)27(23,25)26/h6-14,22H,5H2,1-4H3. The fourth-order valence-corrected chi connectivity index (χ4v) is 4.86. The van der Waals surface area contributed by atoms with Gasteiger partial charge in [0, 0.05) is 23.2 Å². The number of benzene rings is 2.